The normalized spacial score (nSPS) is 19.7. The second kappa shape index (κ2) is 10.5. The molecule has 1 atom stereocenters. The average molecular weight is 593 g/mol. The number of amides is 1. The maximum absolute atomic E-state index is 14.5. The molecule has 214 valence electrons. The summed E-state index contributed by atoms with van der Waals surface area (Å²) in [6, 6.07) is 16.9. The largest absolute Gasteiger partial charge is 0.478 e. The molecule has 1 aliphatic heterocycles. The molecule has 0 radical (unpaired) electrons. The van der Waals surface area contributed by atoms with Crippen molar-refractivity contribution in [2.75, 3.05) is 4.31 Å². The quantitative estimate of drug-likeness (QED) is 0.327. The lowest BCUT2D eigenvalue weighted by Crippen LogP contribution is -2.49. The van der Waals surface area contributed by atoms with Crippen molar-refractivity contribution in [3.63, 3.8) is 0 Å². The highest BCUT2D eigenvalue weighted by molar-refractivity contribution is 7.93. The molecule has 0 saturated heterocycles. The summed E-state index contributed by atoms with van der Waals surface area (Å²) in [6.45, 7) is 1.84. The smallest absolute Gasteiger partial charge is 0.335 e. The molecule has 1 unspecified atom stereocenters. The van der Waals surface area contributed by atoms with E-state index in [9.17, 15) is 23.1 Å². The zero-order chi connectivity index (χ0) is 28.9. The number of aromatic carboxylic acids is 1. The summed E-state index contributed by atoms with van der Waals surface area (Å²) in [5, 5.41) is 13.2. The van der Waals surface area contributed by atoms with Crippen LogP contribution < -0.4 is 9.62 Å². The van der Waals surface area contributed by atoms with Gasteiger partial charge < -0.3 is 10.4 Å². The highest BCUT2D eigenvalue weighted by Gasteiger charge is 2.59. The Hall–Kier alpha value is -3.36. The molecule has 0 bridgehead atoms. The predicted octanol–water partition coefficient (Wildman–Crippen LogP) is 6.47. The number of hydrogen-bond donors (Lipinski definition) is 2. The summed E-state index contributed by atoms with van der Waals surface area (Å²) in [6.07, 6.45) is 6.69. The minimum absolute atomic E-state index is 0.0171. The molecule has 1 spiro atoms. The van der Waals surface area contributed by atoms with E-state index in [2.05, 4.69) is 5.32 Å². The van der Waals surface area contributed by atoms with Gasteiger partial charge in [-0.3, -0.25) is 9.10 Å². The first-order chi connectivity index (χ1) is 19.6. The molecule has 2 N–H and O–H groups in total. The first-order valence-electron chi connectivity index (χ1n) is 14.2. The van der Waals surface area contributed by atoms with Crippen molar-refractivity contribution >= 4 is 39.2 Å². The summed E-state index contributed by atoms with van der Waals surface area (Å²) in [5.41, 5.74) is 2.64. The Kier molecular flexibility index (Phi) is 7.10. The fourth-order valence-electron chi connectivity index (χ4n) is 7.03. The van der Waals surface area contributed by atoms with Crippen LogP contribution in [0.2, 0.25) is 5.02 Å². The number of carboxylic acids is 1. The van der Waals surface area contributed by atoms with Gasteiger partial charge >= 0.3 is 5.97 Å². The first-order valence-corrected chi connectivity index (χ1v) is 16.0. The van der Waals surface area contributed by atoms with Gasteiger partial charge in [0.05, 0.1) is 22.2 Å². The summed E-state index contributed by atoms with van der Waals surface area (Å²) >= 11 is 6.28. The Labute approximate surface area is 245 Å². The lowest BCUT2D eigenvalue weighted by Gasteiger charge is -2.42. The van der Waals surface area contributed by atoms with E-state index in [1.165, 1.54) is 18.2 Å². The van der Waals surface area contributed by atoms with E-state index in [-0.39, 0.29) is 45.8 Å². The minimum Gasteiger partial charge on any atom is -0.478 e. The Morgan fingerprint density at radius 3 is 2.44 bits per heavy atom. The minimum atomic E-state index is -4.10. The lowest BCUT2D eigenvalue weighted by atomic mass is 9.65. The van der Waals surface area contributed by atoms with Gasteiger partial charge in [0.2, 0.25) is 0 Å². The van der Waals surface area contributed by atoms with Gasteiger partial charge in [-0.15, -0.1) is 0 Å². The van der Waals surface area contributed by atoms with Crippen LogP contribution in [0.4, 0.5) is 5.69 Å². The molecule has 3 aromatic rings. The van der Waals surface area contributed by atoms with E-state index in [1.807, 2.05) is 24.3 Å². The second-order valence-electron chi connectivity index (χ2n) is 11.5. The molecule has 1 amide bonds. The Morgan fingerprint density at radius 1 is 1.02 bits per heavy atom. The van der Waals surface area contributed by atoms with Crippen molar-refractivity contribution in [1.29, 1.82) is 0 Å². The highest BCUT2D eigenvalue weighted by atomic mass is 35.5. The lowest BCUT2D eigenvalue weighted by molar-refractivity contribution is 0.0695. The van der Waals surface area contributed by atoms with Crippen molar-refractivity contribution in [2.24, 2.45) is 5.92 Å². The zero-order valence-corrected chi connectivity index (χ0v) is 24.5. The van der Waals surface area contributed by atoms with Crippen LogP contribution in [0.5, 0.6) is 0 Å². The molecule has 7 nitrogen and oxygen atoms in total. The number of benzene rings is 3. The standard InChI is InChI=1S/C32H33ClN2O5S/c1-20-24(31(37)38)9-7-11-28(20)41(39,40)35-27-15-14-22(30(36)34-19-23-8-3-4-10-26(23)33)18-25(27)32(16-5-2-6-17-32)29(35)21-12-13-21/h3-4,7-11,14-15,18,21,29H,2,5-6,12-13,16-17,19H2,1H3,(H,34,36)(H,37,38). The number of sulfonamides is 1. The van der Waals surface area contributed by atoms with Crippen LogP contribution in [-0.2, 0) is 22.0 Å². The van der Waals surface area contributed by atoms with Crippen LogP contribution in [0.1, 0.15) is 82.4 Å². The second-order valence-corrected chi connectivity index (χ2v) is 13.7. The number of halogens is 1. The van der Waals surface area contributed by atoms with Crippen LogP contribution in [0.3, 0.4) is 0 Å². The number of carboxylic acid groups (broad SMARTS) is 1. The molecule has 2 aliphatic carbocycles. The topological polar surface area (TPSA) is 104 Å². The molecule has 9 heteroatoms. The van der Waals surface area contributed by atoms with Gasteiger partial charge in [-0.2, -0.15) is 0 Å². The van der Waals surface area contributed by atoms with E-state index >= 15 is 0 Å². The maximum atomic E-state index is 14.5. The molecule has 41 heavy (non-hydrogen) atoms. The van der Waals surface area contributed by atoms with Crippen molar-refractivity contribution < 1.29 is 23.1 Å². The van der Waals surface area contributed by atoms with Crippen molar-refractivity contribution in [3.05, 3.63) is 93.5 Å². The molecular formula is C32H33ClN2O5S. The first kappa shape index (κ1) is 27.8. The third kappa shape index (κ3) is 4.71. The SMILES string of the molecule is Cc1c(C(=O)O)cccc1S(=O)(=O)N1c2ccc(C(=O)NCc3ccccc3Cl)cc2C2(CCCCC2)C1C1CC1. The van der Waals surface area contributed by atoms with E-state index in [4.69, 9.17) is 11.6 Å². The highest BCUT2D eigenvalue weighted by Crippen LogP contribution is 2.60. The van der Waals surface area contributed by atoms with Gasteiger partial charge in [-0.05, 0) is 91.6 Å². The molecule has 2 saturated carbocycles. The number of carbonyl (C=O) groups excluding carboxylic acids is 1. The van der Waals surface area contributed by atoms with Crippen molar-refractivity contribution in [1.82, 2.24) is 5.32 Å². The zero-order valence-electron chi connectivity index (χ0n) is 22.9. The molecule has 2 fully saturated rings. The maximum Gasteiger partial charge on any atom is 0.335 e. The number of fused-ring (bicyclic) bond motifs is 2. The molecule has 0 aromatic heterocycles. The Bertz CT molecular complexity index is 1640. The van der Waals surface area contributed by atoms with Gasteiger partial charge in [0.25, 0.3) is 15.9 Å². The fraction of sp³-hybridized carbons (Fsp3) is 0.375. The van der Waals surface area contributed by atoms with Crippen LogP contribution in [0.25, 0.3) is 0 Å². The van der Waals surface area contributed by atoms with Gasteiger partial charge in [0.1, 0.15) is 0 Å². The van der Waals surface area contributed by atoms with Crippen LogP contribution in [0.15, 0.2) is 65.6 Å². The summed E-state index contributed by atoms with van der Waals surface area (Å²) in [5.74, 6) is -1.18. The number of nitrogens with zero attached hydrogens (tertiary/aromatic N) is 1. The van der Waals surface area contributed by atoms with Crippen molar-refractivity contribution in [2.45, 2.75) is 74.8 Å². The van der Waals surface area contributed by atoms with Crippen LogP contribution in [0, 0.1) is 12.8 Å². The van der Waals surface area contributed by atoms with Gasteiger partial charge in [0, 0.05) is 22.5 Å². The number of rotatable bonds is 7. The van der Waals surface area contributed by atoms with Gasteiger partial charge in [-0.1, -0.05) is 55.1 Å². The number of nitrogens with one attached hydrogen (secondary N) is 1. The summed E-state index contributed by atoms with van der Waals surface area (Å²) in [4.78, 5) is 25.2. The predicted molar refractivity (Wildman–Crippen MR) is 158 cm³/mol. The number of anilines is 1. The third-order valence-corrected chi connectivity index (χ3v) is 11.4. The monoisotopic (exact) mass is 592 g/mol. The molecular weight excluding hydrogens is 560 g/mol. The molecule has 3 aromatic carbocycles. The summed E-state index contributed by atoms with van der Waals surface area (Å²) in [7, 11) is -4.10. The van der Waals surface area contributed by atoms with Crippen LogP contribution >= 0.6 is 11.6 Å². The Balaban J connectivity index is 1.44. The van der Waals surface area contributed by atoms with Crippen LogP contribution in [-0.4, -0.2) is 31.4 Å². The van der Waals surface area contributed by atoms with Gasteiger partial charge in [0.15, 0.2) is 0 Å². The fourth-order valence-corrected chi connectivity index (χ4v) is 9.29. The van der Waals surface area contributed by atoms with E-state index in [1.54, 1.807) is 29.4 Å². The number of carbonyl (C=O) groups is 2. The Morgan fingerprint density at radius 2 is 1.76 bits per heavy atom. The number of hydrogen-bond acceptors (Lipinski definition) is 4. The molecule has 3 aliphatic rings. The van der Waals surface area contributed by atoms with Gasteiger partial charge in [-0.25, -0.2) is 13.2 Å². The van der Waals surface area contributed by atoms with E-state index < -0.39 is 16.0 Å². The van der Waals surface area contributed by atoms with E-state index in [0.29, 0.717) is 16.3 Å². The van der Waals surface area contributed by atoms with Crippen molar-refractivity contribution in [3.8, 4) is 0 Å². The average Bonchev–Trinajstić information content (AvgIpc) is 3.76. The van der Waals surface area contributed by atoms with E-state index in [0.717, 1.165) is 56.1 Å². The third-order valence-electron chi connectivity index (χ3n) is 9.11. The molecule has 1 heterocycles. The summed E-state index contributed by atoms with van der Waals surface area (Å²) < 4.78 is 30.6. The molecule has 6 rings (SSSR count).